The molecule has 0 spiro atoms. The summed E-state index contributed by atoms with van der Waals surface area (Å²) in [4.78, 5) is 4.60. The van der Waals surface area contributed by atoms with E-state index in [1.165, 1.54) is 18.9 Å². The van der Waals surface area contributed by atoms with Gasteiger partial charge >= 0.3 is 0 Å². The summed E-state index contributed by atoms with van der Waals surface area (Å²) in [6, 6.07) is 4.30. The van der Waals surface area contributed by atoms with E-state index in [1.807, 2.05) is 0 Å². The highest BCUT2D eigenvalue weighted by atomic mass is 19.2. The predicted octanol–water partition coefficient (Wildman–Crippen LogP) is 2.38. The Kier molecular flexibility index (Phi) is 5.67. The van der Waals surface area contributed by atoms with E-state index in [0.717, 1.165) is 25.7 Å². The number of halogens is 2. The van der Waals surface area contributed by atoms with Gasteiger partial charge in [-0.2, -0.15) is 0 Å². The molecule has 0 saturated carbocycles. The predicted molar refractivity (Wildman–Crippen MR) is 81.1 cm³/mol. The van der Waals surface area contributed by atoms with Gasteiger partial charge in [0.15, 0.2) is 11.6 Å². The van der Waals surface area contributed by atoms with Crippen LogP contribution in [0.1, 0.15) is 30.9 Å². The number of likely N-dealkylation sites (tertiary alicyclic amines) is 1. The molecule has 1 aromatic rings. The fourth-order valence-electron chi connectivity index (χ4n) is 3.09. The largest absolute Gasteiger partial charge is 0.324 e. The zero-order valence-electron chi connectivity index (χ0n) is 12.9. The van der Waals surface area contributed by atoms with Crippen LogP contribution in [0.25, 0.3) is 0 Å². The lowest BCUT2D eigenvalue weighted by Gasteiger charge is -2.28. The van der Waals surface area contributed by atoms with E-state index in [-0.39, 0.29) is 5.56 Å². The Hall–Kier alpha value is -1.04. The third-order valence-electron chi connectivity index (χ3n) is 4.18. The quantitative estimate of drug-likeness (QED) is 0.875. The Balaban J connectivity index is 1.91. The van der Waals surface area contributed by atoms with E-state index >= 15 is 0 Å². The highest BCUT2D eigenvalue weighted by Gasteiger charge is 2.25. The molecule has 0 bridgehead atoms. The molecule has 0 amide bonds. The van der Waals surface area contributed by atoms with Gasteiger partial charge < -0.3 is 10.6 Å². The number of likely N-dealkylation sites (N-methyl/N-ethyl adjacent to an activating group) is 1. The molecule has 1 heterocycles. The summed E-state index contributed by atoms with van der Waals surface area (Å²) in [6.07, 6.45) is 3.04. The van der Waals surface area contributed by atoms with Crippen molar-refractivity contribution in [3.63, 3.8) is 0 Å². The molecule has 1 aliphatic rings. The summed E-state index contributed by atoms with van der Waals surface area (Å²) in [6.45, 7) is 2.93. The van der Waals surface area contributed by atoms with Crippen LogP contribution in [0.4, 0.5) is 8.78 Å². The third-order valence-corrected chi connectivity index (χ3v) is 4.18. The van der Waals surface area contributed by atoms with Gasteiger partial charge in [-0.15, -0.1) is 0 Å². The Morgan fingerprint density at radius 2 is 2.14 bits per heavy atom. The second kappa shape index (κ2) is 7.29. The van der Waals surface area contributed by atoms with Crippen LogP contribution in [-0.2, 0) is 0 Å². The normalized spacial score (nSPS) is 21.1. The van der Waals surface area contributed by atoms with Gasteiger partial charge in [-0.3, -0.25) is 4.90 Å². The van der Waals surface area contributed by atoms with Crippen molar-refractivity contribution in [1.82, 2.24) is 9.80 Å². The maximum atomic E-state index is 13.7. The maximum absolute atomic E-state index is 13.7. The molecule has 2 atom stereocenters. The van der Waals surface area contributed by atoms with Gasteiger partial charge in [-0.1, -0.05) is 12.1 Å². The van der Waals surface area contributed by atoms with Gasteiger partial charge in [-0.25, -0.2) is 8.78 Å². The van der Waals surface area contributed by atoms with Gasteiger partial charge in [-0.05, 0) is 46.0 Å². The zero-order chi connectivity index (χ0) is 15.4. The molecular weight excluding hydrogens is 272 g/mol. The molecular formula is C16H25F2N3. The molecule has 118 valence electrons. The Labute approximate surface area is 125 Å². The third kappa shape index (κ3) is 4.22. The van der Waals surface area contributed by atoms with Crippen molar-refractivity contribution in [3.8, 4) is 0 Å². The van der Waals surface area contributed by atoms with E-state index in [0.29, 0.717) is 12.5 Å². The average molecular weight is 297 g/mol. The van der Waals surface area contributed by atoms with Gasteiger partial charge in [0.2, 0.25) is 0 Å². The topological polar surface area (TPSA) is 32.5 Å². The van der Waals surface area contributed by atoms with Crippen molar-refractivity contribution >= 4 is 0 Å². The molecule has 0 aliphatic carbocycles. The van der Waals surface area contributed by atoms with Crippen LogP contribution in [0.3, 0.4) is 0 Å². The lowest BCUT2D eigenvalue weighted by Crippen LogP contribution is -2.38. The first kappa shape index (κ1) is 16.3. The summed E-state index contributed by atoms with van der Waals surface area (Å²) in [5.41, 5.74) is 6.32. The lowest BCUT2D eigenvalue weighted by molar-refractivity contribution is 0.202. The minimum atomic E-state index is -0.824. The number of nitrogens with two attached hydrogens (primary N) is 1. The van der Waals surface area contributed by atoms with Crippen molar-refractivity contribution in [2.24, 2.45) is 5.73 Å². The number of benzene rings is 1. The SMILES string of the molecule is CN(C)CC1CCCN1CCC(N)c1cccc(F)c1F. The van der Waals surface area contributed by atoms with Crippen molar-refractivity contribution in [1.29, 1.82) is 0 Å². The fourth-order valence-corrected chi connectivity index (χ4v) is 3.09. The summed E-state index contributed by atoms with van der Waals surface area (Å²) >= 11 is 0. The standard InChI is InChI=1S/C16H25F2N3/c1-20(2)11-12-5-4-9-21(12)10-8-15(19)13-6-3-7-14(17)16(13)18/h3,6-7,12,15H,4-5,8-11,19H2,1-2H3. The molecule has 0 aromatic heterocycles. The number of nitrogens with zero attached hydrogens (tertiary/aromatic N) is 2. The molecule has 1 aliphatic heterocycles. The van der Waals surface area contributed by atoms with E-state index in [1.54, 1.807) is 6.07 Å². The van der Waals surface area contributed by atoms with E-state index in [4.69, 9.17) is 5.73 Å². The van der Waals surface area contributed by atoms with E-state index in [2.05, 4.69) is 23.9 Å². The number of hydrogen-bond acceptors (Lipinski definition) is 3. The second-order valence-electron chi connectivity index (χ2n) is 6.13. The summed E-state index contributed by atoms with van der Waals surface area (Å²) < 4.78 is 27.0. The molecule has 3 nitrogen and oxygen atoms in total. The number of rotatable bonds is 6. The highest BCUT2D eigenvalue weighted by molar-refractivity contribution is 5.22. The summed E-state index contributed by atoms with van der Waals surface area (Å²) in [7, 11) is 4.15. The summed E-state index contributed by atoms with van der Waals surface area (Å²) in [5, 5.41) is 0. The minimum absolute atomic E-state index is 0.276. The second-order valence-corrected chi connectivity index (χ2v) is 6.13. The molecule has 1 aromatic carbocycles. The van der Waals surface area contributed by atoms with Gasteiger partial charge in [0.25, 0.3) is 0 Å². The summed E-state index contributed by atoms with van der Waals surface area (Å²) in [5.74, 6) is -1.63. The van der Waals surface area contributed by atoms with Gasteiger partial charge in [0.1, 0.15) is 0 Å². The van der Waals surface area contributed by atoms with E-state index < -0.39 is 17.7 Å². The van der Waals surface area contributed by atoms with Crippen LogP contribution in [0.15, 0.2) is 18.2 Å². The molecule has 2 N–H and O–H groups in total. The van der Waals surface area contributed by atoms with Crippen molar-refractivity contribution in [3.05, 3.63) is 35.4 Å². The molecule has 2 rings (SSSR count). The average Bonchev–Trinajstić information content (AvgIpc) is 2.85. The first-order valence-electron chi connectivity index (χ1n) is 7.57. The molecule has 1 fully saturated rings. The Morgan fingerprint density at radius 1 is 1.38 bits per heavy atom. The Bertz CT molecular complexity index is 465. The number of hydrogen-bond donors (Lipinski definition) is 1. The van der Waals surface area contributed by atoms with Crippen LogP contribution in [0.2, 0.25) is 0 Å². The van der Waals surface area contributed by atoms with Crippen LogP contribution in [-0.4, -0.2) is 49.6 Å². The molecule has 5 heteroatoms. The van der Waals surface area contributed by atoms with Crippen molar-refractivity contribution < 1.29 is 8.78 Å². The van der Waals surface area contributed by atoms with Crippen LogP contribution in [0.5, 0.6) is 0 Å². The molecule has 1 saturated heterocycles. The van der Waals surface area contributed by atoms with Crippen molar-refractivity contribution in [2.75, 3.05) is 33.7 Å². The molecule has 21 heavy (non-hydrogen) atoms. The molecule has 2 unspecified atom stereocenters. The van der Waals surface area contributed by atoms with Crippen LogP contribution in [0, 0.1) is 11.6 Å². The lowest BCUT2D eigenvalue weighted by atomic mass is 10.0. The van der Waals surface area contributed by atoms with Gasteiger partial charge in [0, 0.05) is 30.7 Å². The van der Waals surface area contributed by atoms with Crippen molar-refractivity contribution in [2.45, 2.75) is 31.3 Å². The van der Waals surface area contributed by atoms with Crippen LogP contribution >= 0.6 is 0 Å². The fraction of sp³-hybridized carbons (Fsp3) is 0.625. The first-order chi connectivity index (χ1) is 9.99. The van der Waals surface area contributed by atoms with Crippen LogP contribution < -0.4 is 5.73 Å². The first-order valence-corrected chi connectivity index (χ1v) is 7.57. The zero-order valence-corrected chi connectivity index (χ0v) is 12.9. The highest BCUT2D eigenvalue weighted by Crippen LogP contribution is 2.23. The minimum Gasteiger partial charge on any atom is -0.324 e. The monoisotopic (exact) mass is 297 g/mol. The Morgan fingerprint density at radius 3 is 2.86 bits per heavy atom. The molecule has 0 radical (unpaired) electrons. The van der Waals surface area contributed by atoms with E-state index in [9.17, 15) is 8.78 Å². The van der Waals surface area contributed by atoms with Gasteiger partial charge in [0.05, 0.1) is 0 Å². The maximum Gasteiger partial charge on any atom is 0.163 e. The smallest absolute Gasteiger partial charge is 0.163 e.